The second kappa shape index (κ2) is 8.05. The average Bonchev–Trinajstić information content (AvgIpc) is 3.19. The van der Waals surface area contributed by atoms with Crippen LogP contribution in [0.2, 0.25) is 0 Å². The quantitative estimate of drug-likeness (QED) is 0.745. The van der Waals surface area contributed by atoms with Crippen LogP contribution in [0.3, 0.4) is 0 Å². The predicted molar refractivity (Wildman–Crippen MR) is 102 cm³/mol. The van der Waals surface area contributed by atoms with E-state index in [0.29, 0.717) is 26.2 Å². The van der Waals surface area contributed by atoms with Gasteiger partial charge in [-0.3, -0.25) is 0 Å². The van der Waals surface area contributed by atoms with E-state index < -0.39 is 10.0 Å². The third kappa shape index (κ3) is 4.16. The fourth-order valence-electron chi connectivity index (χ4n) is 3.04. The van der Waals surface area contributed by atoms with Crippen LogP contribution in [0.4, 0.5) is 5.82 Å². The fraction of sp³-hybridized carbons (Fsp3) is 0.421. The monoisotopic (exact) mass is 375 g/mol. The highest BCUT2D eigenvalue weighted by Crippen LogP contribution is 2.22. The number of benzene rings is 1. The maximum Gasteiger partial charge on any atom is 0.244 e. The van der Waals surface area contributed by atoms with E-state index in [4.69, 9.17) is 4.74 Å². The van der Waals surface area contributed by atoms with Crippen LogP contribution < -0.4 is 9.64 Å². The first kappa shape index (κ1) is 18.7. The van der Waals surface area contributed by atoms with Crippen molar-refractivity contribution in [2.24, 2.45) is 0 Å². The molecule has 0 radical (unpaired) electrons. The van der Waals surface area contributed by atoms with Crippen molar-refractivity contribution in [3.63, 3.8) is 0 Å². The van der Waals surface area contributed by atoms with E-state index in [9.17, 15) is 8.42 Å². The number of ether oxygens (including phenoxy) is 1. The third-order valence-corrected chi connectivity index (χ3v) is 6.35. The second-order valence-corrected chi connectivity index (χ2v) is 8.33. The van der Waals surface area contributed by atoms with E-state index in [-0.39, 0.29) is 4.90 Å². The van der Waals surface area contributed by atoms with Crippen molar-refractivity contribution in [3.05, 3.63) is 48.2 Å². The number of sulfonamides is 1. The molecule has 2 heterocycles. The lowest BCUT2D eigenvalue weighted by molar-refractivity contribution is 0.340. The van der Waals surface area contributed by atoms with Crippen LogP contribution >= 0.6 is 0 Å². The van der Waals surface area contributed by atoms with E-state index >= 15 is 0 Å². The Morgan fingerprint density at radius 2 is 1.81 bits per heavy atom. The number of anilines is 1. The van der Waals surface area contributed by atoms with Crippen molar-refractivity contribution in [3.8, 4) is 5.75 Å². The topological polar surface area (TPSA) is 62.7 Å². The normalized spacial score (nSPS) is 15.2. The number of pyridine rings is 1. The Kier molecular flexibility index (Phi) is 5.78. The van der Waals surface area contributed by atoms with Gasteiger partial charge in [0.25, 0.3) is 0 Å². The summed E-state index contributed by atoms with van der Waals surface area (Å²) >= 11 is 0. The molecule has 0 spiro atoms. The number of rotatable bonds is 7. The van der Waals surface area contributed by atoms with Crippen LogP contribution in [-0.4, -0.2) is 44.5 Å². The Labute approximate surface area is 155 Å². The van der Waals surface area contributed by atoms with Crippen molar-refractivity contribution in [1.82, 2.24) is 9.29 Å². The molecule has 7 heteroatoms. The van der Waals surface area contributed by atoms with Gasteiger partial charge in [0, 0.05) is 32.9 Å². The summed E-state index contributed by atoms with van der Waals surface area (Å²) in [6.45, 7) is 4.48. The molecule has 0 amide bonds. The molecule has 1 saturated heterocycles. The summed E-state index contributed by atoms with van der Waals surface area (Å²) in [5, 5.41) is 0. The van der Waals surface area contributed by atoms with E-state index in [1.807, 2.05) is 43.1 Å². The van der Waals surface area contributed by atoms with Gasteiger partial charge in [-0.05, 0) is 49.6 Å². The highest BCUT2D eigenvalue weighted by Gasteiger charge is 2.27. The molecule has 3 rings (SSSR count). The summed E-state index contributed by atoms with van der Waals surface area (Å²) in [6, 6.07) is 11.3. The van der Waals surface area contributed by atoms with E-state index in [1.54, 1.807) is 12.1 Å². The van der Waals surface area contributed by atoms with Crippen LogP contribution in [0.5, 0.6) is 5.75 Å². The Morgan fingerprint density at radius 3 is 2.38 bits per heavy atom. The number of hydrogen-bond donors (Lipinski definition) is 0. The summed E-state index contributed by atoms with van der Waals surface area (Å²) in [5.74, 6) is 1.59. The van der Waals surface area contributed by atoms with Crippen molar-refractivity contribution >= 4 is 15.8 Å². The van der Waals surface area contributed by atoms with Crippen LogP contribution in [0.1, 0.15) is 25.3 Å². The summed E-state index contributed by atoms with van der Waals surface area (Å²) in [7, 11) is -1.47. The Morgan fingerprint density at radius 1 is 1.12 bits per heavy atom. The fourth-order valence-corrected chi connectivity index (χ4v) is 4.50. The molecule has 0 unspecified atom stereocenters. The Hall–Kier alpha value is -2.12. The van der Waals surface area contributed by atoms with Gasteiger partial charge in [-0.15, -0.1) is 0 Å². The van der Waals surface area contributed by atoms with Crippen LogP contribution in [0.25, 0.3) is 0 Å². The molecular formula is C19H25N3O3S. The van der Waals surface area contributed by atoms with Crippen molar-refractivity contribution < 1.29 is 13.2 Å². The molecular weight excluding hydrogens is 350 g/mol. The van der Waals surface area contributed by atoms with Gasteiger partial charge in [0.05, 0.1) is 6.61 Å². The molecule has 0 saturated carbocycles. The lowest BCUT2D eigenvalue weighted by Crippen LogP contribution is -2.28. The van der Waals surface area contributed by atoms with Crippen molar-refractivity contribution in [2.75, 3.05) is 31.6 Å². The van der Waals surface area contributed by atoms with Gasteiger partial charge in [-0.25, -0.2) is 13.4 Å². The van der Waals surface area contributed by atoms with Crippen LogP contribution in [-0.2, 0) is 16.6 Å². The molecule has 26 heavy (non-hydrogen) atoms. The van der Waals surface area contributed by atoms with E-state index in [1.165, 1.54) is 10.5 Å². The average molecular weight is 375 g/mol. The molecule has 0 N–H and O–H groups in total. The number of aromatic nitrogens is 1. The largest absolute Gasteiger partial charge is 0.494 e. The van der Waals surface area contributed by atoms with Gasteiger partial charge in [0.2, 0.25) is 10.0 Å². The summed E-state index contributed by atoms with van der Waals surface area (Å²) in [4.78, 5) is 6.60. The van der Waals surface area contributed by atoms with Gasteiger partial charge < -0.3 is 9.64 Å². The van der Waals surface area contributed by atoms with Gasteiger partial charge in [0.15, 0.2) is 0 Å². The van der Waals surface area contributed by atoms with Gasteiger partial charge in [-0.1, -0.05) is 12.1 Å². The first-order valence-electron chi connectivity index (χ1n) is 8.90. The highest BCUT2D eigenvalue weighted by atomic mass is 32.2. The Bertz CT molecular complexity index is 814. The number of hydrogen-bond acceptors (Lipinski definition) is 5. The first-order valence-corrected chi connectivity index (χ1v) is 10.3. The molecule has 140 valence electrons. The minimum Gasteiger partial charge on any atom is -0.494 e. The Balaban J connectivity index is 1.67. The predicted octanol–water partition coefficient (Wildman–Crippen LogP) is 2.90. The zero-order chi connectivity index (χ0) is 18.6. The summed E-state index contributed by atoms with van der Waals surface area (Å²) < 4.78 is 32.1. The van der Waals surface area contributed by atoms with Crippen molar-refractivity contribution in [1.29, 1.82) is 0 Å². The molecule has 1 aliphatic rings. The SMILES string of the molecule is CCOc1ccc(CN(C)c2ccc(S(=O)(=O)N3CCCC3)cn2)cc1. The zero-order valence-corrected chi connectivity index (χ0v) is 16.1. The molecule has 1 fully saturated rings. The molecule has 1 aliphatic heterocycles. The molecule has 1 aromatic heterocycles. The van der Waals surface area contributed by atoms with E-state index in [0.717, 1.165) is 30.0 Å². The van der Waals surface area contributed by atoms with Gasteiger partial charge >= 0.3 is 0 Å². The smallest absolute Gasteiger partial charge is 0.244 e. The molecule has 0 atom stereocenters. The molecule has 6 nitrogen and oxygen atoms in total. The molecule has 0 bridgehead atoms. The lowest BCUT2D eigenvalue weighted by Gasteiger charge is -2.20. The second-order valence-electron chi connectivity index (χ2n) is 6.40. The molecule has 1 aromatic carbocycles. The minimum atomic E-state index is -3.41. The van der Waals surface area contributed by atoms with Crippen LogP contribution in [0.15, 0.2) is 47.5 Å². The maximum atomic E-state index is 12.6. The maximum absolute atomic E-state index is 12.6. The number of nitrogens with zero attached hydrogens (tertiary/aromatic N) is 3. The standard InChI is InChI=1S/C19H25N3O3S/c1-3-25-17-8-6-16(7-9-17)15-21(2)19-11-10-18(14-20-19)26(23,24)22-12-4-5-13-22/h6-11,14H,3-5,12-13,15H2,1-2H3. The summed E-state index contributed by atoms with van der Waals surface area (Å²) in [6.07, 6.45) is 3.31. The van der Waals surface area contributed by atoms with Crippen LogP contribution in [0, 0.1) is 0 Å². The van der Waals surface area contributed by atoms with Gasteiger partial charge in [0.1, 0.15) is 16.5 Å². The van der Waals surface area contributed by atoms with E-state index in [2.05, 4.69) is 4.98 Å². The lowest BCUT2D eigenvalue weighted by atomic mass is 10.2. The van der Waals surface area contributed by atoms with Gasteiger partial charge in [-0.2, -0.15) is 4.31 Å². The molecule has 0 aliphatic carbocycles. The third-order valence-electron chi connectivity index (χ3n) is 4.47. The highest BCUT2D eigenvalue weighted by molar-refractivity contribution is 7.89. The minimum absolute atomic E-state index is 0.262. The van der Waals surface area contributed by atoms with Crippen molar-refractivity contribution in [2.45, 2.75) is 31.2 Å². The summed E-state index contributed by atoms with van der Waals surface area (Å²) in [5.41, 5.74) is 1.13. The molecule has 2 aromatic rings. The zero-order valence-electron chi connectivity index (χ0n) is 15.3. The first-order chi connectivity index (χ1) is 12.5.